The lowest BCUT2D eigenvalue weighted by molar-refractivity contribution is -0.142. The van der Waals surface area contributed by atoms with Gasteiger partial charge in [-0.3, -0.25) is 14.5 Å². The van der Waals surface area contributed by atoms with E-state index in [2.05, 4.69) is 10.1 Å². The van der Waals surface area contributed by atoms with Crippen LogP contribution in [0.25, 0.3) is 0 Å². The summed E-state index contributed by atoms with van der Waals surface area (Å²) in [5, 5.41) is 21.1. The van der Waals surface area contributed by atoms with Gasteiger partial charge in [-0.15, -0.1) is 0 Å². The van der Waals surface area contributed by atoms with E-state index in [1.807, 2.05) is 13.8 Å². The highest BCUT2D eigenvalue weighted by Crippen LogP contribution is 2.07. The molecule has 8 heteroatoms. The molecule has 0 amide bonds. The largest absolute Gasteiger partial charge is 0.480 e. The van der Waals surface area contributed by atoms with Crippen molar-refractivity contribution in [3.05, 3.63) is 11.7 Å². The lowest BCUT2D eigenvalue weighted by atomic mass is 10.1. The number of hydrogen-bond acceptors (Lipinski definition) is 6. The van der Waals surface area contributed by atoms with Gasteiger partial charge in [-0.25, -0.2) is 0 Å². The van der Waals surface area contributed by atoms with Gasteiger partial charge < -0.3 is 14.7 Å². The van der Waals surface area contributed by atoms with Crippen molar-refractivity contribution < 1.29 is 24.3 Å². The first kappa shape index (κ1) is 15.1. The van der Waals surface area contributed by atoms with E-state index >= 15 is 0 Å². The first-order chi connectivity index (χ1) is 8.86. The van der Waals surface area contributed by atoms with Crippen molar-refractivity contribution in [3.8, 4) is 0 Å². The van der Waals surface area contributed by atoms with Crippen LogP contribution in [0.1, 0.15) is 25.6 Å². The zero-order chi connectivity index (χ0) is 14.4. The first-order valence-electron chi connectivity index (χ1n) is 5.84. The molecule has 8 nitrogen and oxygen atoms in total. The molecule has 106 valence electrons. The zero-order valence-electron chi connectivity index (χ0n) is 10.9. The number of carboxylic acids is 2. The number of aromatic nitrogens is 2. The molecule has 0 spiro atoms. The van der Waals surface area contributed by atoms with Crippen molar-refractivity contribution in [2.75, 3.05) is 13.1 Å². The molecule has 0 saturated carbocycles. The van der Waals surface area contributed by atoms with Crippen LogP contribution in [0.4, 0.5) is 0 Å². The quantitative estimate of drug-likeness (QED) is 0.690. The van der Waals surface area contributed by atoms with E-state index in [4.69, 9.17) is 14.7 Å². The molecule has 0 radical (unpaired) electrons. The third-order valence-corrected chi connectivity index (χ3v) is 2.18. The van der Waals surface area contributed by atoms with E-state index in [1.54, 1.807) is 0 Å². The van der Waals surface area contributed by atoms with Gasteiger partial charge in [0.05, 0.1) is 19.6 Å². The molecule has 19 heavy (non-hydrogen) atoms. The molecule has 0 bridgehead atoms. The molecular formula is C11H17N3O5. The summed E-state index contributed by atoms with van der Waals surface area (Å²) in [6.07, 6.45) is 0.630. The van der Waals surface area contributed by atoms with Crippen LogP contribution in [0, 0.1) is 5.92 Å². The van der Waals surface area contributed by atoms with Crippen LogP contribution in [-0.2, 0) is 22.6 Å². The molecule has 0 aliphatic rings. The Morgan fingerprint density at radius 2 is 1.84 bits per heavy atom. The van der Waals surface area contributed by atoms with E-state index in [1.165, 1.54) is 4.90 Å². The SMILES string of the molecule is CC(C)Cc1nc(CN(CC(=O)O)CC(=O)O)no1. The fraction of sp³-hybridized carbons (Fsp3) is 0.636. The Hall–Kier alpha value is -1.96. The van der Waals surface area contributed by atoms with Crippen molar-refractivity contribution in [1.29, 1.82) is 0 Å². The van der Waals surface area contributed by atoms with E-state index in [9.17, 15) is 9.59 Å². The van der Waals surface area contributed by atoms with Gasteiger partial charge in [0.1, 0.15) is 0 Å². The van der Waals surface area contributed by atoms with E-state index < -0.39 is 11.9 Å². The van der Waals surface area contributed by atoms with Crippen molar-refractivity contribution in [2.24, 2.45) is 5.92 Å². The minimum absolute atomic E-state index is 0.0280. The maximum Gasteiger partial charge on any atom is 0.317 e. The number of hydrogen-bond donors (Lipinski definition) is 2. The second-order valence-electron chi connectivity index (χ2n) is 4.63. The summed E-state index contributed by atoms with van der Waals surface area (Å²) in [6, 6.07) is 0. The standard InChI is InChI=1S/C11H17N3O5/c1-7(2)3-9-12-8(13-19-9)4-14(5-10(15)16)6-11(17)18/h7H,3-6H2,1-2H3,(H,15,16)(H,17,18). The highest BCUT2D eigenvalue weighted by atomic mass is 16.5. The Bertz CT molecular complexity index is 427. The molecule has 1 aromatic heterocycles. The predicted molar refractivity (Wildman–Crippen MR) is 63.4 cm³/mol. The summed E-state index contributed by atoms with van der Waals surface area (Å²) in [7, 11) is 0. The molecule has 0 saturated heterocycles. The molecule has 0 aliphatic carbocycles. The summed E-state index contributed by atoms with van der Waals surface area (Å²) in [6.45, 7) is 3.26. The van der Waals surface area contributed by atoms with Crippen LogP contribution < -0.4 is 0 Å². The van der Waals surface area contributed by atoms with Gasteiger partial charge in [0, 0.05) is 6.42 Å². The van der Waals surface area contributed by atoms with E-state index in [0.29, 0.717) is 18.2 Å². The smallest absolute Gasteiger partial charge is 0.317 e. The number of carbonyl (C=O) groups is 2. The monoisotopic (exact) mass is 271 g/mol. The van der Waals surface area contributed by atoms with Gasteiger partial charge in [0.15, 0.2) is 5.82 Å². The van der Waals surface area contributed by atoms with Crippen LogP contribution in [0.2, 0.25) is 0 Å². The minimum Gasteiger partial charge on any atom is -0.480 e. The minimum atomic E-state index is -1.10. The van der Waals surface area contributed by atoms with Crippen LogP contribution in [-0.4, -0.2) is 50.3 Å². The van der Waals surface area contributed by atoms with Crippen molar-refractivity contribution in [3.63, 3.8) is 0 Å². The Balaban J connectivity index is 2.64. The van der Waals surface area contributed by atoms with Gasteiger partial charge in [-0.05, 0) is 5.92 Å². The highest BCUT2D eigenvalue weighted by Gasteiger charge is 2.17. The third kappa shape index (κ3) is 5.96. The molecule has 1 rings (SSSR count). The molecule has 2 N–H and O–H groups in total. The Morgan fingerprint density at radius 3 is 2.32 bits per heavy atom. The van der Waals surface area contributed by atoms with Crippen LogP contribution in [0.5, 0.6) is 0 Å². The lowest BCUT2D eigenvalue weighted by Crippen LogP contribution is -2.34. The molecule has 0 unspecified atom stereocenters. The summed E-state index contributed by atoms with van der Waals surface area (Å²) in [5.74, 6) is -1.09. The number of rotatable bonds is 8. The second-order valence-corrected chi connectivity index (χ2v) is 4.63. The van der Waals surface area contributed by atoms with Gasteiger partial charge in [0.25, 0.3) is 0 Å². The maximum atomic E-state index is 10.6. The van der Waals surface area contributed by atoms with E-state index in [-0.39, 0.29) is 25.5 Å². The molecular weight excluding hydrogens is 254 g/mol. The Kier molecular flexibility index (Phi) is 5.43. The molecule has 0 aromatic carbocycles. The Morgan fingerprint density at radius 1 is 1.26 bits per heavy atom. The fourth-order valence-corrected chi connectivity index (χ4v) is 1.54. The zero-order valence-corrected chi connectivity index (χ0v) is 10.9. The fourth-order valence-electron chi connectivity index (χ4n) is 1.54. The topological polar surface area (TPSA) is 117 Å². The summed E-state index contributed by atoms with van der Waals surface area (Å²) >= 11 is 0. The summed E-state index contributed by atoms with van der Waals surface area (Å²) in [5.41, 5.74) is 0. The molecule has 0 atom stereocenters. The van der Waals surface area contributed by atoms with E-state index in [0.717, 1.165) is 0 Å². The number of aliphatic carboxylic acids is 2. The third-order valence-electron chi connectivity index (χ3n) is 2.18. The summed E-state index contributed by atoms with van der Waals surface area (Å²) in [4.78, 5) is 26.6. The molecule has 0 fully saturated rings. The second kappa shape index (κ2) is 6.83. The van der Waals surface area contributed by atoms with Crippen molar-refractivity contribution >= 4 is 11.9 Å². The molecule has 1 heterocycles. The van der Waals surface area contributed by atoms with Crippen LogP contribution in [0.15, 0.2) is 4.52 Å². The van der Waals surface area contributed by atoms with Crippen molar-refractivity contribution in [1.82, 2.24) is 15.0 Å². The van der Waals surface area contributed by atoms with Gasteiger partial charge in [0.2, 0.25) is 5.89 Å². The highest BCUT2D eigenvalue weighted by molar-refractivity contribution is 5.72. The molecule has 0 aliphatic heterocycles. The van der Waals surface area contributed by atoms with Crippen LogP contribution >= 0.6 is 0 Å². The lowest BCUT2D eigenvalue weighted by Gasteiger charge is -2.15. The maximum absolute atomic E-state index is 10.6. The normalized spacial score (nSPS) is 11.2. The average molecular weight is 271 g/mol. The number of carboxylic acid groups (broad SMARTS) is 2. The first-order valence-corrected chi connectivity index (χ1v) is 5.84. The van der Waals surface area contributed by atoms with Gasteiger partial charge in [-0.2, -0.15) is 4.98 Å². The summed E-state index contributed by atoms with van der Waals surface area (Å²) < 4.78 is 5.00. The van der Waals surface area contributed by atoms with Gasteiger partial charge >= 0.3 is 11.9 Å². The van der Waals surface area contributed by atoms with Crippen LogP contribution in [0.3, 0.4) is 0 Å². The van der Waals surface area contributed by atoms with Gasteiger partial charge in [-0.1, -0.05) is 19.0 Å². The average Bonchev–Trinajstić information content (AvgIpc) is 2.61. The van der Waals surface area contributed by atoms with Crippen molar-refractivity contribution in [2.45, 2.75) is 26.8 Å². The Labute approximate surface area is 110 Å². The molecule has 1 aromatic rings. The number of nitrogens with zero attached hydrogens (tertiary/aromatic N) is 3. The predicted octanol–water partition coefficient (Wildman–Crippen LogP) is 0.239.